The van der Waals surface area contributed by atoms with Gasteiger partial charge in [-0.25, -0.2) is 18.0 Å². The number of halogens is 6. The van der Waals surface area contributed by atoms with Crippen molar-refractivity contribution in [2.75, 3.05) is 13.1 Å². The minimum absolute atomic E-state index is 0.0823. The second-order valence-corrected chi connectivity index (χ2v) is 10.1. The third kappa shape index (κ3) is 8.03. The maximum Gasteiger partial charge on any atom is 0.490 e. The first-order valence-corrected chi connectivity index (χ1v) is 11.8. The number of alkyl halides is 6. The van der Waals surface area contributed by atoms with E-state index in [1.54, 1.807) is 0 Å². The third-order valence-electron chi connectivity index (χ3n) is 5.49. The number of pyridine rings is 1. The van der Waals surface area contributed by atoms with Crippen LogP contribution < -0.4 is 0 Å². The SMILES string of the molecule is O=C(O)C(F)(F)F.O=C(O)C(F)(F)F.O=S(=O)(C1CC1)N1CC[C@@H]2[C@@H]1CCN2Cc1ccccn1. The van der Waals surface area contributed by atoms with Crippen molar-refractivity contribution < 1.29 is 54.6 Å². The van der Waals surface area contributed by atoms with Gasteiger partial charge in [0, 0.05) is 37.9 Å². The highest BCUT2D eigenvalue weighted by atomic mass is 32.2. The van der Waals surface area contributed by atoms with Crippen molar-refractivity contribution in [2.45, 2.75) is 61.9 Å². The first-order chi connectivity index (χ1) is 16.0. The van der Waals surface area contributed by atoms with Crippen LogP contribution in [0.4, 0.5) is 26.3 Å². The quantitative estimate of drug-likeness (QED) is 0.563. The monoisotopic (exact) mass is 535 g/mol. The van der Waals surface area contributed by atoms with Gasteiger partial charge in [0.2, 0.25) is 10.0 Å². The number of nitrogens with zero attached hydrogens (tertiary/aromatic N) is 3. The van der Waals surface area contributed by atoms with E-state index in [0.717, 1.165) is 44.5 Å². The van der Waals surface area contributed by atoms with Crippen LogP contribution in [0.2, 0.25) is 0 Å². The summed E-state index contributed by atoms with van der Waals surface area (Å²) in [5.74, 6) is -5.51. The fourth-order valence-electron chi connectivity index (χ4n) is 3.81. The number of carbonyl (C=O) groups is 2. The number of carboxylic acid groups (broad SMARTS) is 2. The number of likely N-dealkylation sites (tertiary alicyclic amines) is 1. The molecule has 2 atom stereocenters. The molecule has 198 valence electrons. The second-order valence-electron chi connectivity index (χ2n) is 7.96. The van der Waals surface area contributed by atoms with Crippen LogP contribution in [0.3, 0.4) is 0 Å². The fourth-order valence-corrected chi connectivity index (χ4v) is 5.90. The number of carboxylic acids is 2. The molecule has 0 unspecified atom stereocenters. The molecule has 4 rings (SSSR count). The summed E-state index contributed by atoms with van der Waals surface area (Å²) in [7, 11) is -3.02. The Hall–Kier alpha value is -2.46. The predicted octanol–water partition coefficient (Wildman–Crippen LogP) is 2.49. The van der Waals surface area contributed by atoms with Gasteiger partial charge in [0.1, 0.15) is 0 Å². The van der Waals surface area contributed by atoms with Crippen LogP contribution >= 0.6 is 0 Å². The van der Waals surface area contributed by atoms with Gasteiger partial charge in [-0.15, -0.1) is 0 Å². The van der Waals surface area contributed by atoms with Crippen LogP contribution in [0.1, 0.15) is 31.4 Å². The number of hydrogen-bond acceptors (Lipinski definition) is 6. The molecule has 0 amide bonds. The number of fused-ring (bicyclic) bond motifs is 1. The van der Waals surface area contributed by atoms with Crippen molar-refractivity contribution in [3.8, 4) is 0 Å². The molecule has 16 heteroatoms. The molecule has 2 aliphatic heterocycles. The average molecular weight is 535 g/mol. The molecule has 1 aromatic rings. The van der Waals surface area contributed by atoms with Gasteiger partial charge in [0.15, 0.2) is 0 Å². The van der Waals surface area contributed by atoms with E-state index in [4.69, 9.17) is 19.8 Å². The largest absolute Gasteiger partial charge is 0.490 e. The molecular formula is C19H23F6N3O6S. The topological polar surface area (TPSA) is 128 Å². The highest BCUT2D eigenvalue weighted by molar-refractivity contribution is 7.90. The van der Waals surface area contributed by atoms with Crippen LogP contribution in [0.5, 0.6) is 0 Å². The number of aliphatic carboxylic acids is 2. The molecule has 3 aliphatic rings. The number of hydrogen-bond donors (Lipinski definition) is 2. The first kappa shape index (κ1) is 28.8. The highest BCUT2D eigenvalue weighted by Crippen LogP contribution is 2.39. The van der Waals surface area contributed by atoms with Gasteiger partial charge in [-0.1, -0.05) is 6.07 Å². The summed E-state index contributed by atoms with van der Waals surface area (Å²) in [6, 6.07) is 6.55. The van der Waals surface area contributed by atoms with E-state index in [-0.39, 0.29) is 11.3 Å². The normalized spacial score (nSPS) is 22.9. The molecular weight excluding hydrogens is 512 g/mol. The molecule has 1 aliphatic carbocycles. The van der Waals surface area contributed by atoms with E-state index in [1.807, 2.05) is 28.7 Å². The number of rotatable bonds is 4. The lowest BCUT2D eigenvalue weighted by Crippen LogP contribution is -2.41. The maximum atomic E-state index is 12.5. The Bertz CT molecular complexity index is 961. The summed E-state index contributed by atoms with van der Waals surface area (Å²) in [4.78, 5) is 24.6. The number of aromatic nitrogens is 1. The third-order valence-corrected chi connectivity index (χ3v) is 7.91. The molecule has 35 heavy (non-hydrogen) atoms. The van der Waals surface area contributed by atoms with Crippen LogP contribution in [-0.2, 0) is 26.2 Å². The molecule has 2 saturated heterocycles. The smallest absolute Gasteiger partial charge is 0.475 e. The molecule has 2 N–H and O–H groups in total. The van der Waals surface area contributed by atoms with E-state index in [0.29, 0.717) is 12.6 Å². The molecule has 9 nitrogen and oxygen atoms in total. The summed E-state index contributed by atoms with van der Waals surface area (Å²) in [5, 5.41) is 14.2. The Labute approximate surface area is 196 Å². The van der Waals surface area contributed by atoms with Crippen LogP contribution in [0.25, 0.3) is 0 Å². The lowest BCUT2D eigenvalue weighted by molar-refractivity contribution is -0.193. The van der Waals surface area contributed by atoms with Crippen molar-refractivity contribution in [3.05, 3.63) is 30.1 Å². The van der Waals surface area contributed by atoms with Crippen LogP contribution in [0, 0.1) is 0 Å². The zero-order valence-corrected chi connectivity index (χ0v) is 18.9. The minimum Gasteiger partial charge on any atom is -0.475 e. The summed E-state index contributed by atoms with van der Waals surface area (Å²) >= 11 is 0. The lowest BCUT2D eigenvalue weighted by Gasteiger charge is -2.25. The summed E-state index contributed by atoms with van der Waals surface area (Å²) in [5.41, 5.74) is 1.07. The molecule has 0 aromatic carbocycles. The van der Waals surface area contributed by atoms with Gasteiger partial charge >= 0.3 is 24.3 Å². The molecule has 0 radical (unpaired) electrons. The summed E-state index contributed by atoms with van der Waals surface area (Å²) in [6.45, 7) is 2.51. The Balaban J connectivity index is 0.000000257. The molecule has 0 bridgehead atoms. The van der Waals surface area contributed by atoms with Gasteiger partial charge in [0.05, 0.1) is 10.9 Å². The first-order valence-electron chi connectivity index (χ1n) is 10.3. The van der Waals surface area contributed by atoms with Crippen molar-refractivity contribution in [1.29, 1.82) is 0 Å². The van der Waals surface area contributed by atoms with Gasteiger partial charge in [-0.3, -0.25) is 9.88 Å². The average Bonchev–Trinajstić information content (AvgIpc) is 3.41. The number of sulfonamides is 1. The molecule has 3 fully saturated rings. The van der Waals surface area contributed by atoms with Crippen molar-refractivity contribution >= 4 is 22.0 Å². The molecule has 0 spiro atoms. The van der Waals surface area contributed by atoms with E-state index in [2.05, 4.69) is 9.88 Å². The van der Waals surface area contributed by atoms with Gasteiger partial charge in [0.25, 0.3) is 0 Å². The maximum absolute atomic E-state index is 12.5. The van der Waals surface area contributed by atoms with Crippen LogP contribution in [0.15, 0.2) is 24.4 Å². The van der Waals surface area contributed by atoms with Crippen molar-refractivity contribution in [2.24, 2.45) is 0 Å². The predicted molar refractivity (Wildman–Crippen MR) is 107 cm³/mol. The Morgan fingerprint density at radius 2 is 1.43 bits per heavy atom. The minimum atomic E-state index is -5.08. The fraction of sp³-hybridized carbons (Fsp3) is 0.632. The van der Waals surface area contributed by atoms with Gasteiger partial charge < -0.3 is 10.2 Å². The lowest BCUT2D eigenvalue weighted by atomic mass is 10.1. The molecule has 1 aromatic heterocycles. The Kier molecular flexibility index (Phi) is 9.10. The van der Waals surface area contributed by atoms with Crippen LogP contribution in [-0.4, -0.2) is 87.5 Å². The molecule has 1 saturated carbocycles. The van der Waals surface area contributed by atoms with Gasteiger partial charge in [-0.05, 0) is 37.8 Å². The summed E-state index contributed by atoms with van der Waals surface area (Å²) in [6.07, 6.45) is -4.71. The second kappa shape index (κ2) is 11.1. The zero-order valence-electron chi connectivity index (χ0n) is 18.0. The standard InChI is InChI=1S/C15H21N3O2S.2C2HF3O2/c19-21(20,13-4-5-13)18-10-7-14-15(18)6-9-17(14)11-12-3-1-2-8-16-12;2*3-2(4,5)1(6)7/h1-3,8,13-15H,4-7,9-11H2;2*(H,6,7)/t14-,15+;;/m1../s1. The van der Waals surface area contributed by atoms with Gasteiger partial charge in [-0.2, -0.15) is 30.6 Å². The van der Waals surface area contributed by atoms with Crippen molar-refractivity contribution in [3.63, 3.8) is 0 Å². The molecule has 3 heterocycles. The van der Waals surface area contributed by atoms with E-state index < -0.39 is 34.3 Å². The van der Waals surface area contributed by atoms with E-state index in [1.165, 1.54) is 0 Å². The Morgan fingerprint density at radius 1 is 0.914 bits per heavy atom. The van der Waals surface area contributed by atoms with E-state index >= 15 is 0 Å². The van der Waals surface area contributed by atoms with Crippen molar-refractivity contribution in [1.82, 2.24) is 14.2 Å². The summed E-state index contributed by atoms with van der Waals surface area (Å²) < 4.78 is 90.3. The zero-order chi connectivity index (χ0) is 26.6. The Morgan fingerprint density at radius 3 is 1.86 bits per heavy atom. The van der Waals surface area contributed by atoms with E-state index in [9.17, 15) is 34.8 Å². The highest BCUT2D eigenvalue weighted by Gasteiger charge is 2.51.